The maximum Gasteiger partial charge on any atom is 0.410 e. The normalized spacial score (nSPS) is 14.1. The Kier molecular flexibility index (Phi) is 8.13. The number of methoxy groups -OCH3 is 1. The Morgan fingerprint density at radius 3 is 2.38 bits per heavy atom. The summed E-state index contributed by atoms with van der Waals surface area (Å²) in [7, 11) is 1.43. The molecule has 0 aliphatic carbocycles. The first kappa shape index (κ1) is 28.6. The number of hydrogen-bond acceptors (Lipinski definition) is 7. The lowest BCUT2D eigenvalue weighted by molar-refractivity contribution is -0.384. The second-order valence-electron chi connectivity index (χ2n) is 11.0. The lowest BCUT2D eigenvalue weighted by atomic mass is 9.90. The third-order valence-corrected chi connectivity index (χ3v) is 6.96. The van der Waals surface area contributed by atoms with Gasteiger partial charge in [0.2, 0.25) is 0 Å². The summed E-state index contributed by atoms with van der Waals surface area (Å²) < 4.78 is 12.6. The van der Waals surface area contributed by atoms with Crippen LogP contribution in [0.4, 0.5) is 16.2 Å². The predicted molar refractivity (Wildman–Crippen MR) is 150 cm³/mol. The monoisotopic (exact) mass is 549 g/mol. The summed E-state index contributed by atoms with van der Waals surface area (Å²) >= 11 is 0. The summed E-state index contributed by atoms with van der Waals surface area (Å²) in [6.45, 7) is 10.5. The van der Waals surface area contributed by atoms with Crippen LogP contribution in [-0.2, 0) is 4.74 Å². The van der Waals surface area contributed by atoms with Gasteiger partial charge in [0.15, 0.2) is 0 Å². The Morgan fingerprint density at radius 1 is 1.07 bits per heavy atom. The summed E-state index contributed by atoms with van der Waals surface area (Å²) in [6.07, 6.45) is 2.38. The number of carbonyl (C=O) groups is 2. The lowest BCUT2D eigenvalue weighted by Crippen LogP contribution is -2.41. The molecule has 40 heavy (non-hydrogen) atoms. The number of hydrogen-bond donors (Lipinski definition) is 1. The fourth-order valence-electron chi connectivity index (χ4n) is 4.75. The molecule has 4 rings (SSSR count). The summed E-state index contributed by atoms with van der Waals surface area (Å²) in [6, 6.07) is 10.0. The van der Waals surface area contributed by atoms with Crippen LogP contribution in [0.25, 0.3) is 5.69 Å². The van der Waals surface area contributed by atoms with E-state index in [2.05, 4.69) is 10.4 Å². The van der Waals surface area contributed by atoms with E-state index in [-0.39, 0.29) is 23.4 Å². The van der Waals surface area contributed by atoms with Crippen LogP contribution in [0.5, 0.6) is 5.75 Å². The first-order chi connectivity index (χ1) is 18.9. The van der Waals surface area contributed by atoms with Gasteiger partial charge in [-0.05, 0) is 76.8 Å². The van der Waals surface area contributed by atoms with E-state index in [4.69, 9.17) is 9.47 Å². The van der Waals surface area contributed by atoms with Crippen LogP contribution in [0.1, 0.15) is 66.7 Å². The quantitative estimate of drug-likeness (QED) is 0.305. The molecule has 0 unspecified atom stereocenters. The van der Waals surface area contributed by atoms with Crippen molar-refractivity contribution >= 4 is 23.4 Å². The number of piperidine rings is 1. The third-order valence-electron chi connectivity index (χ3n) is 6.96. The molecular formula is C29H35N5O6. The standard InChI is InChI=1S/C29H35N5O6/c1-18-7-8-21(15-19(18)2)33-26(20-11-13-32(14-12-20)28(36)40-29(3,4)5)23(17-30-33)27(35)31-24-16-22(34(37)38)9-10-25(24)39-6/h7-10,15-17,20H,11-14H2,1-6H3,(H,31,35). The van der Waals surface area contributed by atoms with Gasteiger partial charge in [-0.1, -0.05) is 6.07 Å². The van der Waals surface area contributed by atoms with E-state index in [1.165, 1.54) is 31.5 Å². The molecule has 0 radical (unpaired) electrons. The number of rotatable bonds is 6. The molecular weight excluding hydrogens is 514 g/mol. The number of carbonyl (C=O) groups excluding carboxylic acids is 2. The first-order valence-electron chi connectivity index (χ1n) is 13.1. The molecule has 2 amide bonds. The maximum atomic E-state index is 13.6. The van der Waals surface area contributed by atoms with Gasteiger partial charge in [-0.25, -0.2) is 9.48 Å². The van der Waals surface area contributed by atoms with E-state index in [0.717, 1.165) is 16.8 Å². The number of benzene rings is 2. The van der Waals surface area contributed by atoms with Gasteiger partial charge < -0.3 is 19.7 Å². The molecule has 1 saturated heterocycles. The van der Waals surface area contributed by atoms with Crippen LogP contribution in [0.3, 0.4) is 0 Å². The van der Waals surface area contributed by atoms with Crippen molar-refractivity contribution in [2.45, 2.75) is 59.0 Å². The van der Waals surface area contributed by atoms with Crippen molar-refractivity contribution < 1.29 is 24.0 Å². The number of non-ortho nitro benzene ring substituents is 1. The van der Waals surface area contributed by atoms with Crippen molar-refractivity contribution in [2.24, 2.45) is 0 Å². The average molecular weight is 550 g/mol. The molecule has 2 heterocycles. The molecule has 1 fully saturated rings. The molecule has 3 aromatic rings. The Morgan fingerprint density at radius 2 is 1.77 bits per heavy atom. The Bertz CT molecular complexity index is 1430. The van der Waals surface area contributed by atoms with Gasteiger partial charge in [0.05, 0.1) is 40.9 Å². The predicted octanol–water partition coefficient (Wildman–Crippen LogP) is 5.77. The van der Waals surface area contributed by atoms with Gasteiger partial charge in [0.25, 0.3) is 11.6 Å². The van der Waals surface area contributed by atoms with Gasteiger partial charge in [-0.15, -0.1) is 0 Å². The lowest BCUT2D eigenvalue weighted by Gasteiger charge is -2.34. The Balaban J connectivity index is 1.68. The minimum Gasteiger partial charge on any atom is -0.495 e. The third kappa shape index (κ3) is 6.24. The topological polar surface area (TPSA) is 129 Å². The number of nitro groups is 1. The number of ether oxygens (including phenoxy) is 2. The van der Waals surface area contributed by atoms with E-state index < -0.39 is 16.4 Å². The molecule has 1 aromatic heterocycles. The van der Waals surface area contributed by atoms with Crippen molar-refractivity contribution in [3.63, 3.8) is 0 Å². The smallest absolute Gasteiger partial charge is 0.410 e. The van der Waals surface area contributed by atoms with Crippen LogP contribution >= 0.6 is 0 Å². The molecule has 1 aliphatic rings. The number of nitro benzene ring substituents is 1. The molecule has 0 saturated carbocycles. The summed E-state index contributed by atoms with van der Waals surface area (Å²) in [5.74, 6) is -0.235. The Labute approximate surface area is 233 Å². The SMILES string of the molecule is COc1ccc([N+](=O)[O-])cc1NC(=O)c1cnn(-c2ccc(C)c(C)c2)c1C1CCN(C(=O)OC(C)(C)C)CC1. The summed E-state index contributed by atoms with van der Waals surface area (Å²) in [4.78, 5) is 38.8. The van der Waals surface area contributed by atoms with Gasteiger partial charge in [-0.3, -0.25) is 14.9 Å². The number of nitrogens with one attached hydrogen (secondary N) is 1. The van der Waals surface area contributed by atoms with Gasteiger partial charge in [-0.2, -0.15) is 5.10 Å². The molecule has 0 atom stereocenters. The zero-order valence-electron chi connectivity index (χ0n) is 23.7. The fourth-order valence-corrected chi connectivity index (χ4v) is 4.75. The van der Waals surface area contributed by atoms with Crippen molar-refractivity contribution in [3.8, 4) is 11.4 Å². The number of anilines is 1. The highest BCUT2D eigenvalue weighted by Gasteiger charge is 2.32. The van der Waals surface area contributed by atoms with E-state index in [0.29, 0.717) is 42.9 Å². The van der Waals surface area contributed by atoms with Crippen molar-refractivity contribution in [2.75, 3.05) is 25.5 Å². The maximum absolute atomic E-state index is 13.6. The molecule has 0 spiro atoms. The fraction of sp³-hybridized carbons (Fsp3) is 0.414. The number of nitrogens with zero attached hydrogens (tertiary/aromatic N) is 4. The van der Waals surface area contributed by atoms with Gasteiger partial charge in [0, 0.05) is 31.1 Å². The molecule has 212 valence electrons. The molecule has 2 aromatic carbocycles. The molecule has 0 bridgehead atoms. The number of likely N-dealkylation sites (tertiary alicyclic amines) is 1. The van der Waals surface area contributed by atoms with Crippen LogP contribution in [0, 0.1) is 24.0 Å². The van der Waals surface area contributed by atoms with E-state index in [1.54, 1.807) is 9.58 Å². The largest absolute Gasteiger partial charge is 0.495 e. The first-order valence-corrected chi connectivity index (χ1v) is 13.1. The second kappa shape index (κ2) is 11.4. The summed E-state index contributed by atoms with van der Waals surface area (Å²) in [5, 5.41) is 18.7. The summed E-state index contributed by atoms with van der Waals surface area (Å²) in [5.41, 5.74) is 3.54. The Hall–Kier alpha value is -4.41. The minimum absolute atomic E-state index is 0.0736. The highest BCUT2D eigenvalue weighted by atomic mass is 16.6. The van der Waals surface area contributed by atoms with Gasteiger partial charge in [0.1, 0.15) is 11.4 Å². The second-order valence-corrected chi connectivity index (χ2v) is 11.0. The number of amides is 2. The molecule has 1 aliphatic heterocycles. The van der Waals surface area contributed by atoms with Gasteiger partial charge >= 0.3 is 6.09 Å². The zero-order valence-corrected chi connectivity index (χ0v) is 23.7. The zero-order chi connectivity index (χ0) is 29.2. The van der Waals surface area contributed by atoms with E-state index in [9.17, 15) is 19.7 Å². The van der Waals surface area contributed by atoms with Crippen LogP contribution in [0.15, 0.2) is 42.6 Å². The van der Waals surface area contributed by atoms with Crippen LogP contribution < -0.4 is 10.1 Å². The minimum atomic E-state index is -0.589. The van der Waals surface area contributed by atoms with E-state index >= 15 is 0 Å². The van der Waals surface area contributed by atoms with E-state index in [1.807, 2.05) is 52.8 Å². The molecule has 1 N–H and O–H groups in total. The number of aromatic nitrogens is 2. The average Bonchev–Trinajstić information content (AvgIpc) is 3.34. The van der Waals surface area contributed by atoms with Crippen molar-refractivity contribution in [3.05, 3.63) is 75.1 Å². The molecule has 11 heteroatoms. The van der Waals surface area contributed by atoms with Crippen LogP contribution in [0.2, 0.25) is 0 Å². The number of aryl methyl sites for hydroxylation is 2. The van der Waals surface area contributed by atoms with Crippen molar-refractivity contribution in [1.82, 2.24) is 14.7 Å². The van der Waals surface area contributed by atoms with Crippen LogP contribution in [-0.4, -0.2) is 57.4 Å². The molecule has 11 nitrogen and oxygen atoms in total. The highest BCUT2D eigenvalue weighted by Crippen LogP contribution is 2.35. The highest BCUT2D eigenvalue weighted by molar-refractivity contribution is 6.06. The van der Waals surface area contributed by atoms with Crippen molar-refractivity contribution in [1.29, 1.82) is 0 Å².